The molecule has 3 aromatic carbocycles. The highest BCUT2D eigenvalue weighted by atomic mass is 32.2. The highest BCUT2D eigenvalue weighted by molar-refractivity contribution is 7.92. The summed E-state index contributed by atoms with van der Waals surface area (Å²) in [6.07, 6.45) is 0. The van der Waals surface area contributed by atoms with Crippen molar-refractivity contribution in [3.8, 4) is 21.8 Å². The molecule has 0 saturated heterocycles. The summed E-state index contributed by atoms with van der Waals surface area (Å²) in [7, 11) is -3.64. The Labute approximate surface area is 181 Å². The molecule has 0 unspecified atom stereocenters. The summed E-state index contributed by atoms with van der Waals surface area (Å²) in [6, 6.07) is 20.4. The molecule has 4 nitrogen and oxygen atoms in total. The predicted octanol–water partition coefficient (Wildman–Crippen LogP) is 6.20. The third-order valence-corrected chi connectivity index (χ3v) is 7.29. The molecule has 152 valence electrons. The van der Waals surface area contributed by atoms with Gasteiger partial charge in [0.1, 0.15) is 5.01 Å². The van der Waals surface area contributed by atoms with Crippen LogP contribution in [0.1, 0.15) is 16.7 Å². The third-order valence-electron chi connectivity index (χ3n) is 5.00. The molecule has 0 spiro atoms. The van der Waals surface area contributed by atoms with Crippen LogP contribution >= 0.6 is 11.3 Å². The molecule has 0 atom stereocenters. The average molecular weight is 435 g/mol. The van der Waals surface area contributed by atoms with Crippen LogP contribution in [0.15, 0.2) is 77.0 Å². The van der Waals surface area contributed by atoms with Crippen LogP contribution in [0.4, 0.5) is 5.69 Å². The molecule has 0 aliphatic heterocycles. The van der Waals surface area contributed by atoms with Gasteiger partial charge in [0.15, 0.2) is 0 Å². The van der Waals surface area contributed by atoms with Gasteiger partial charge < -0.3 is 0 Å². The maximum atomic E-state index is 12.7. The summed E-state index contributed by atoms with van der Waals surface area (Å²) in [6.45, 7) is 6.11. The van der Waals surface area contributed by atoms with Crippen LogP contribution in [0.3, 0.4) is 0 Å². The molecule has 1 aromatic heterocycles. The molecule has 0 fully saturated rings. The first-order valence-corrected chi connectivity index (χ1v) is 11.9. The topological polar surface area (TPSA) is 59.1 Å². The minimum atomic E-state index is -3.64. The molecule has 0 bridgehead atoms. The van der Waals surface area contributed by atoms with Crippen molar-refractivity contribution >= 4 is 27.0 Å². The van der Waals surface area contributed by atoms with Crippen molar-refractivity contribution in [1.29, 1.82) is 0 Å². The lowest BCUT2D eigenvalue weighted by Crippen LogP contribution is -2.12. The van der Waals surface area contributed by atoms with Gasteiger partial charge in [-0.15, -0.1) is 11.3 Å². The number of aromatic nitrogens is 1. The zero-order chi connectivity index (χ0) is 21.3. The van der Waals surface area contributed by atoms with E-state index in [4.69, 9.17) is 4.98 Å². The number of anilines is 1. The number of hydrogen-bond acceptors (Lipinski definition) is 4. The van der Waals surface area contributed by atoms with Gasteiger partial charge in [-0.1, -0.05) is 42.0 Å². The summed E-state index contributed by atoms with van der Waals surface area (Å²) in [4.78, 5) is 5.01. The second-order valence-corrected chi connectivity index (χ2v) is 9.88. The van der Waals surface area contributed by atoms with Crippen molar-refractivity contribution in [2.75, 3.05) is 4.72 Å². The predicted molar refractivity (Wildman–Crippen MR) is 124 cm³/mol. The van der Waals surface area contributed by atoms with E-state index in [2.05, 4.69) is 36.8 Å². The summed E-state index contributed by atoms with van der Waals surface area (Å²) in [5.41, 5.74) is 6.88. The van der Waals surface area contributed by atoms with E-state index < -0.39 is 10.0 Å². The van der Waals surface area contributed by atoms with E-state index >= 15 is 0 Å². The quantitative estimate of drug-likeness (QED) is 0.407. The molecule has 4 rings (SSSR count). The Hall–Kier alpha value is -2.96. The van der Waals surface area contributed by atoms with Gasteiger partial charge in [-0.2, -0.15) is 0 Å². The highest BCUT2D eigenvalue weighted by Crippen LogP contribution is 2.31. The fourth-order valence-corrected chi connectivity index (χ4v) is 4.96. The number of sulfonamides is 1. The van der Waals surface area contributed by atoms with Crippen molar-refractivity contribution < 1.29 is 8.42 Å². The number of thiazole rings is 1. The average Bonchev–Trinajstić information content (AvgIpc) is 3.21. The Bertz CT molecular complexity index is 1310. The van der Waals surface area contributed by atoms with Gasteiger partial charge in [-0.3, -0.25) is 4.72 Å². The fraction of sp³-hybridized carbons (Fsp3) is 0.125. The second-order valence-electron chi connectivity index (χ2n) is 7.34. The monoisotopic (exact) mass is 434 g/mol. The molecule has 0 aliphatic carbocycles. The number of nitrogens with zero attached hydrogens (tertiary/aromatic N) is 1. The first kappa shape index (κ1) is 20.3. The Morgan fingerprint density at radius 2 is 1.60 bits per heavy atom. The number of rotatable bonds is 5. The van der Waals surface area contributed by atoms with Gasteiger partial charge in [-0.25, -0.2) is 13.4 Å². The van der Waals surface area contributed by atoms with Gasteiger partial charge >= 0.3 is 0 Å². The summed E-state index contributed by atoms with van der Waals surface area (Å²) in [5, 5.41) is 2.88. The first-order chi connectivity index (χ1) is 14.3. The van der Waals surface area contributed by atoms with Crippen LogP contribution in [0.5, 0.6) is 0 Å². The third kappa shape index (κ3) is 4.30. The zero-order valence-electron chi connectivity index (χ0n) is 17.0. The largest absolute Gasteiger partial charge is 0.280 e. The van der Waals surface area contributed by atoms with E-state index in [1.807, 2.05) is 30.5 Å². The lowest BCUT2D eigenvalue weighted by molar-refractivity contribution is 0.601. The molecule has 30 heavy (non-hydrogen) atoms. The summed E-state index contributed by atoms with van der Waals surface area (Å²) in [5.74, 6) is 0. The fourth-order valence-electron chi connectivity index (χ4n) is 3.09. The maximum absolute atomic E-state index is 12.7. The molecule has 0 amide bonds. The van der Waals surface area contributed by atoms with E-state index in [-0.39, 0.29) is 4.90 Å². The van der Waals surface area contributed by atoms with E-state index in [0.29, 0.717) is 5.69 Å². The first-order valence-electron chi connectivity index (χ1n) is 9.55. The number of benzene rings is 3. The maximum Gasteiger partial charge on any atom is 0.261 e. The second kappa shape index (κ2) is 8.05. The molecular formula is C24H22N2O2S2. The van der Waals surface area contributed by atoms with Gasteiger partial charge in [0, 0.05) is 22.2 Å². The minimum absolute atomic E-state index is 0.241. The molecular weight excluding hydrogens is 412 g/mol. The van der Waals surface area contributed by atoms with Crippen LogP contribution in [0.25, 0.3) is 21.8 Å². The van der Waals surface area contributed by atoms with Crippen LogP contribution in [0, 0.1) is 20.8 Å². The molecule has 1 N–H and O–H groups in total. The summed E-state index contributed by atoms with van der Waals surface area (Å²) < 4.78 is 28.0. The minimum Gasteiger partial charge on any atom is -0.280 e. The molecule has 1 heterocycles. The molecule has 6 heteroatoms. The van der Waals surface area contributed by atoms with Crippen molar-refractivity contribution in [3.63, 3.8) is 0 Å². The van der Waals surface area contributed by atoms with Crippen LogP contribution in [-0.2, 0) is 10.0 Å². The molecule has 0 saturated carbocycles. The normalized spacial score (nSPS) is 11.4. The van der Waals surface area contributed by atoms with Gasteiger partial charge in [0.2, 0.25) is 0 Å². The van der Waals surface area contributed by atoms with Crippen molar-refractivity contribution in [2.24, 2.45) is 0 Å². The lowest BCUT2D eigenvalue weighted by atomic mass is 10.1. The number of hydrogen-bond donors (Lipinski definition) is 1. The van der Waals surface area contributed by atoms with E-state index in [9.17, 15) is 8.42 Å². The Morgan fingerprint density at radius 3 is 2.33 bits per heavy atom. The van der Waals surface area contributed by atoms with E-state index in [1.54, 1.807) is 41.7 Å². The van der Waals surface area contributed by atoms with Crippen LogP contribution in [0.2, 0.25) is 0 Å². The Kier molecular flexibility index (Phi) is 5.45. The van der Waals surface area contributed by atoms with E-state index in [0.717, 1.165) is 27.4 Å². The number of nitrogens with one attached hydrogen (secondary N) is 1. The van der Waals surface area contributed by atoms with Crippen LogP contribution < -0.4 is 4.72 Å². The van der Waals surface area contributed by atoms with E-state index in [1.165, 1.54) is 11.1 Å². The molecule has 0 aliphatic rings. The standard InChI is InChI=1S/C24H22N2O2S2/c1-16-7-11-22(12-8-16)30(27,28)26-21-6-4-5-20(14-21)24-25-23(15-29-24)19-10-9-17(2)18(3)13-19/h4-15,26H,1-3H3. The Balaban J connectivity index is 1.60. The van der Waals surface area contributed by atoms with Crippen molar-refractivity contribution in [2.45, 2.75) is 25.7 Å². The highest BCUT2D eigenvalue weighted by Gasteiger charge is 2.15. The van der Waals surface area contributed by atoms with Gasteiger partial charge in [0.05, 0.1) is 10.6 Å². The van der Waals surface area contributed by atoms with Gasteiger partial charge in [0.25, 0.3) is 10.0 Å². The molecule has 4 aromatic rings. The zero-order valence-corrected chi connectivity index (χ0v) is 18.6. The lowest BCUT2D eigenvalue weighted by Gasteiger charge is -2.09. The molecule has 0 radical (unpaired) electrons. The summed E-state index contributed by atoms with van der Waals surface area (Å²) >= 11 is 1.54. The Morgan fingerprint density at radius 1 is 0.833 bits per heavy atom. The van der Waals surface area contributed by atoms with Gasteiger partial charge in [-0.05, 0) is 62.2 Å². The van der Waals surface area contributed by atoms with Crippen molar-refractivity contribution in [3.05, 3.63) is 88.8 Å². The van der Waals surface area contributed by atoms with Crippen LogP contribution in [-0.4, -0.2) is 13.4 Å². The number of aryl methyl sites for hydroxylation is 3. The SMILES string of the molecule is Cc1ccc(S(=O)(=O)Nc2cccc(-c3nc(-c4ccc(C)c(C)c4)cs3)c2)cc1. The van der Waals surface area contributed by atoms with Crippen molar-refractivity contribution in [1.82, 2.24) is 4.98 Å². The smallest absolute Gasteiger partial charge is 0.261 e.